The zero-order valence-corrected chi connectivity index (χ0v) is 16.3. The first-order valence-electron chi connectivity index (χ1n) is 8.79. The number of sulfonamides is 1. The smallest absolute Gasteiger partial charge is 0.328 e. The van der Waals surface area contributed by atoms with E-state index in [1.54, 1.807) is 37.2 Å². The fourth-order valence-corrected chi connectivity index (χ4v) is 4.93. The number of carbonyl (C=O) groups is 1. The largest absolute Gasteiger partial charge is 0.459 e. The number of aromatic nitrogens is 2. The number of hydrogen-bond acceptors (Lipinski definition) is 5. The lowest BCUT2D eigenvalue weighted by Gasteiger charge is -2.33. The van der Waals surface area contributed by atoms with Crippen LogP contribution in [0.4, 0.5) is 0 Å². The number of rotatable bonds is 3. The number of piperazine rings is 1. The van der Waals surface area contributed by atoms with E-state index in [1.807, 2.05) is 0 Å². The van der Waals surface area contributed by atoms with Crippen molar-refractivity contribution in [3.8, 4) is 0 Å². The van der Waals surface area contributed by atoms with Gasteiger partial charge in [0.2, 0.25) is 10.0 Å². The molecule has 1 fully saturated rings. The number of carbonyl (C=O) groups excluding carboxylic acids is 1. The summed E-state index contributed by atoms with van der Waals surface area (Å²) >= 11 is 0. The summed E-state index contributed by atoms with van der Waals surface area (Å²) in [6.45, 7) is 0.955. The minimum absolute atomic E-state index is 0.131. The minimum atomic E-state index is -3.73. The molecule has 0 spiro atoms. The maximum absolute atomic E-state index is 13.0. The van der Waals surface area contributed by atoms with Crippen LogP contribution in [0.25, 0.3) is 11.0 Å². The molecule has 1 aliphatic heterocycles. The van der Waals surface area contributed by atoms with Crippen LogP contribution >= 0.6 is 0 Å². The fraction of sp³-hybridized carbons (Fsp3) is 0.333. The highest BCUT2D eigenvalue weighted by molar-refractivity contribution is 7.89. The maximum atomic E-state index is 13.0. The number of fused-ring (bicyclic) bond motifs is 1. The predicted molar refractivity (Wildman–Crippen MR) is 102 cm³/mol. The van der Waals surface area contributed by atoms with Crippen LogP contribution in [0.5, 0.6) is 0 Å². The molecular formula is C18H20N4O5S. The van der Waals surface area contributed by atoms with Gasteiger partial charge in [0.05, 0.1) is 22.2 Å². The third-order valence-electron chi connectivity index (χ3n) is 5.14. The molecule has 0 unspecified atom stereocenters. The van der Waals surface area contributed by atoms with Crippen molar-refractivity contribution < 1.29 is 17.6 Å². The summed E-state index contributed by atoms with van der Waals surface area (Å²) in [5, 5.41) is 0. The van der Waals surface area contributed by atoms with E-state index in [2.05, 4.69) is 0 Å². The van der Waals surface area contributed by atoms with Gasteiger partial charge in [-0.15, -0.1) is 0 Å². The molecule has 1 amide bonds. The van der Waals surface area contributed by atoms with Gasteiger partial charge in [0.1, 0.15) is 0 Å². The Bertz CT molecular complexity index is 1200. The SMILES string of the molecule is Cn1c(=O)n(C)c2cc(S(=O)(=O)N3CCN(C(=O)c4ccco4)CC3)ccc21. The second kappa shape index (κ2) is 6.64. The highest BCUT2D eigenvalue weighted by Crippen LogP contribution is 2.22. The fourth-order valence-electron chi connectivity index (χ4n) is 3.48. The minimum Gasteiger partial charge on any atom is -0.459 e. The third kappa shape index (κ3) is 2.85. The molecular weight excluding hydrogens is 384 g/mol. The van der Waals surface area contributed by atoms with Gasteiger partial charge in [-0.25, -0.2) is 13.2 Å². The number of imidazole rings is 1. The molecule has 0 bridgehead atoms. The summed E-state index contributed by atoms with van der Waals surface area (Å²) in [4.78, 5) is 26.1. The molecule has 28 heavy (non-hydrogen) atoms. The second-order valence-corrected chi connectivity index (χ2v) is 8.66. The van der Waals surface area contributed by atoms with Crippen molar-refractivity contribution in [1.82, 2.24) is 18.3 Å². The molecule has 148 valence electrons. The molecule has 0 atom stereocenters. The molecule has 0 N–H and O–H groups in total. The molecule has 1 aliphatic rings. The molecule has 9 nitrogen and oxygen atoms in total. The molecule has 0 aliphatic carbocycles. The van der Waals surface area contributed by atoms with Crippen LogP contribution in [-0.4, -0.2) is 58.8 Å². The number of amides is 1. The van der Waals surface area contributed by atoms with Gasteiger partial charge >= 0.3 is 5.69 Å². The van der Waals surface area contributed by atoms with Gasteiger partial charge in [-0.1, -0.05) is 0 Å². The van der Waals surface area contributed by atoms with Crippen LogP contribution in [0.2, 0.25) is 0 Å². The average molecular weight is 404 g/mol. The van der Waals surface area contributed by atoms with Gasteiger partial charge in [-0.2, -0.15) is 4.31 Å². The Morgan fingerprint density at radius 2 is 1.68 bits per heavy atom. The highest BCUT2D eigenvalue weighted by atomic mass is 32.2. The van der Waals surface area contributed by atoms with Crippen LogP contribution in [0.15, 0.2) is 50.7 Å². The maximum Gasteiger partial charge on any atom is 0.328 e. The lowest BCUT2D eigenvalue weighted by atomic mass is 10.3. The highest BCUT2D eigenvalue weighted by Gasteiger charge is 2.31. The van der Waals surface area contributed by atoms with E-state index in [-0.39, 0.29) is 48.4 Å². The predicted octanol–water partition coefficient (Wildman–Crippen LogP) is 0.617. The number of furan rings is 1. The number of aryl methyl sites for hydroxylation is 2. The topological polar surface area (TPSA) is 97.8 Å². The van der Waals surface area contributed by atoms with E-state index >= 15 is 0 Å². The third-order valence-corrected chi connectivity index (χ3v) is 7.03. The summed E-state index contributed by atoms with van der Waals surface area (Å²) in [5.41, 5.74) is 1.01. The number of nitrogens with zero attached hydrogens (tertiary/aromatic N) is 4. The Balaban J connectivity index is 1.56. The van der Waals surface area contributed by atoms with E-state index in [0.717, 1.165) is 0 Å². The van der Waals surface area contributed by atoms with Crippen molar-refractivity contribution >= 4 is 27.0 Å². The van der Waals surface area contributed by atoms with Gasteiger partial charge in [-0.3, -0.25) is 13.9 Å². The first-order valence-corrected chi connectivity index (χ1v) is 10.2. The Labute approximate surface area is 161 Å². The van der Waals surface area contributed by atoms with Gasteiger partial charge in [0.15, 0.2) is 5.76 Å². The Kier molecular flexibility index (Phi) is 4.39. The quantitative estimate of drug-likeness (QED) is 0.637. The van der Waals surface area contributed by atoms with Crippen molar-refractivity contribution in [2.45, 2.75) is 4.90 Å². The molecule has 3 heterocycles. The van der Waals surface area contributed by atoms with Gasteiger partial charge in [-0.05, 0) is 30.3 Å². The van der Waals surface area contributed by atoms with Gasteiger partial charge < -0.3 is 9.32 Å². The Hall–Kier alpha value is -2.85. The van der Waals surface area contributed by atoms with E-state index in [4.69, 9.17) is 4.42 Å². The molecule has 0 saturated carbocycles. The molecule has 1 aromatic carbocycles. The normalized spacial score (nSPS) is 16.0. The summed E-state index contributed by atoms with van der Waals surface area (Å²) in [7, 11) is -0.471. The van der Waals surface area contributed by atoms with Gasteiger partial charge in [0, 0.05) is 40.3 Å². The van der Waals surface area contributed by atoms with Crippen LogP contribution in [0, 0.1) is 0 Å². The van der Waals surface area contributed by atoms with Crippen LogP contribution in [0.1, 0.15) is 10.6 Å². The molecule has 4 rings (SSSR count). The average Bonchev–Trinajstić information content (AvgIpc) is 3.32. The van der Waals surface area contributed by atoms with Crippen molar-refractivity contribution in [2.75, 3.05) is 26.2 Å². The zero-order valence-electron chi connectivity index (χ0n) is 15.5. The summed E-state index contributed by atoms with van der Waals surface area (Å²) in [6, 6.07) is 7.90. The van der Waals surface area contributed by atoms with Crippen molar-refractivity contribution in [3.63, 3.8) is 0 Å². The summed E-state index contributed by atoms with van der Waals surface area (Å²) in [5.74, 6) is -0.00509. The van der Waals surface area contributed by atoms with Crippen molar-refractivity contribution in [1.29, 1.82) is 0 Å². The van der Waals surface area contributed by atoms with Crippen LogP contribution < -0.4 is 5.69 Å². The first kappa shape index (κ1) is 18.5. The van der Waals surface area contributed by atoms with E-state index in [1.165, 1.54) is 31.8 Å². The standard InChI is InChI=1S/C18H20N4O5S/c1-19-14-6-5-13(12-15(14)20(2)18(19)24)28(25,26)22-9-7-21(8-10-22)17(23)16-4-3-11-27-16/h3-6,11-12H,7-10H2,1-2H3. The van der Waals surface area contributed by atoms with Gasteiger partial charge in [0.25, 0.3) is 5.91 Å². The number of hydrogen-bond donors (Lipinski definition) is 0. The van der Waals surface area contributed by atoms with Crippen LogP contribution in [-0.2, 0) is 24.1 Å². The van der Waals surface area contributed by atoms with Crippen molar-refractivity contribution in [3.05, 3.63) is 52.8 Å². The lowest BCUT2D eigenvalue weighted by molar-refractivity contribution is 0.0666. The Morgan fingerprint density at radius 1 is 1.00 bits per heavy atom. The molecule has 0 radical (unpaired) electrons. The second-order valence-electron chi connectivity index (χ2n) is 6.72. The molecule has 10 heteroatoms. The molecule has 3 aromatic rings. The van der Waals surface area contributed by atoms with E-state index < -0.39 is 10.0 Å². The molecule has 2 aromatic heterocycles. The van der Waals surface area contributed by atoms with E-state index in [0.29, 0.717) is 11.0 Å². The molecule has 1 saturated heterocycles. The van der Waals surface area contributed by atoms with Crippen LogP contribution in [0.3, 0.4) is 0 Å². The zero-order chi connectivity index (χ0) is 20.1. The lowest BCUT2D eigenvalue weighted by Crippen LogP contribution is -2.50. The van der Waals surface area contributed by atoms with Crippen molar-refractivity contribution in [2.24, 2.45) is 14.1 Å². The summed E-state index contributed by atoms with van der Waals surface area (Å²) < 4.78 is 35.5. The first-order chi connectivity index (χ1) is 13.3. The monoisotopic (exact) mass is 404 g/mol. The summed E-state index contributed by atoms with van der Waals surface area (Å²) in [6.07, 6.45) is 1.43. The number of benzene rings is 1. The van der Waals surface area contributed by atoms with E-state index in [9.17, 15) is 18.0 Å². The Morgan fingerprint density at radius 3 is 2.32 bits per heavy atom.